The van der Waals surface area contributed by atoms with Gasteiger partial charge in [-0.25, -0.2) is 0 Å². The lowest BCUT2D eigenvalue weighted by molar-refractivity contribution is -0.137. The minimum absolute atomic E-state index is 0.126. The van der Waals surface area contributed by atoms with Crippen LogP contribution in [0.5, 0.6) is 0 Å². The molecule has 0 aromatic rings. The molecule has 0 aromatic heterocycles. The maximum absolute atomic E-state index is 12.2. The SMILES string of the molecule is CCCC(C)(N)C(=O)N1CCC(C)C1C. The number of carbonyl (C=O) groups is 1. The van der Waals surface area contributed by atoms with Gasteiger partial charge in [0.05, 0.1) is 5.54 Å². The topological polar surface area (TPSA) is 46.3 Å². The van der Waals surface area contributed by atoms with E-state index in [9.17, 15) is 4.79 Å². The molecule has 1 amide bonds. The van der Waals surface area contributed by atoms with Gasteiger partial charge in [0.2, 0.25) is 5.91 Å². The first kappa shape index (κ1) is 12.5. The van der Waals surface area contributed by atoms with Crippen LogP contribution in [-0.4, -0.2) is 28.9 Å². The fourth-order valence-electron chi connectivity index (χ4n) is 2.34. The van der Waals surface area contributed by atoms with Crippen LogP contribution in [0.2, 0.25) is 0 Å². The molecule has 0 spiro atoms. The van der Waals surface area contributed by atoms with Crippen molar-refractivity contribution in [3.63, 3.8) is 0 Å². The quantitative estimate of drug-likeness (QED) is 0.775. The molecule has 3 unspecified atom stereocenters. The van der Waals surface area contributed by atoms with E-state index in [2.05, 4.69) is 20.8 Å². The minimum atomic E-state index is -0.674. The van der Waals surface area contributed by atoms with Crippen LogP contribution in [0, 0.1) is 5.92 Å². The summed E-state index contributed by atoms with van der Waals surface area (Å²) in [6, 6.07) is 0.345. The largest absolute Gasteiger partial charge is 0.338 e. The van der Waals surface area contributed by atoms with Gasteiger partial charge in [0.25, 0.3) is 0 Å². The third kappa shape index (κ3) is 2.51. The Morgan fingerprint density at radius 1 is 1.53 bits per heavy atom. The van der Waals surface area contributed by atoms with Crippen molar-refractivity contribution in [3.05, 3.63) is 0 Å². The summed E-state index contributed by atoms with van der Waals surface area (Å²) in [6.45, 7) is 9.11. The van der Waals surface area contributed by atoms with Gasteiger partial charge < -0.3 is 10.6 Å². The third-order valence-electron chi connectivity index (χ3n) is 3.66. The molecule has 1 rings (SSSR count). The van der Waals surface area contributed by atoms with Crippen molar-refractivity contribution in [3.8, 4) is 0 Å². The Balaban J connectivity index is 2.68. The van der Waals surface area contributed by atoms with Gasteiger partial charge in [-0.2, -0.15) is 0 Å². The smallest absolute Gasteiger partial charge is 0.242 e. The first-order chi connectivity index (χ1) is 6.90. The van der Waals surface area contributed by atoms with E-state index in [0.29, 0.717) is 12.0 Å². The highest BCUT2D eigenvalue weighted by atomic mass is 16.2. The lowest BCUT2D eigenvalue weighted by Gasteiger charge is -2.32. The lowest BCUT2D eigenvalue weighted by Crippen LogP contribution is -2.54. The minimum Gasteiger partial charge on any atom is -0.338 e. The van der Waals surface area contributed by atoms with Crippen molar-refractivity contribution in [2.24, 2.45) is 11.7 Å². The predicted octanol–water partition coefficient (Wildman–Crippen LogP) is 1.76. The second-order valence-corrected chi connectivity index (χ2v) is 5.17. The molecular formula is C12H24N2O. The molecule has 3 nitrogen and oxygen atoms in total. The number of nitrogens with two attached hydrogens (primary N) is 1. The summed E-state index contributed by atoms with van der Waals surface area (Å²) in [5.41, 5.74) is 5.39. The second kappa shape index (κ2) is 4.52. The molecule has 0 radical (unpaired) electrons. The summed E-state index contributed by atoms with van der Waals surface area (Å²) < 4.78 is 0. The Hall–Kier alpha value is -0.570. The van der Waals surface area contributed by atoms with Gasteiger partial charge in [0, 0.05) is 12.6 Å². The summed E-state index contributed by atoms with van der Waals surface area (Å²) >= 11 is 0. The van der Waals surface area contributed by atoms with E-state index in [1.165, 1.54) is 0 Å². The highest BCUT2D eigenvalue weighted by Gasteiger charge is 2.38. The zero-order valence-electron chi connectivity index (χ0n) is 10.4. The Morgan fingerprint density at radius 3 is 2.53 bits per heavy atom. The van der Waals surface area contributed by atoms with Crippen molar-refractivity contribution in [2.45, 2.75) is 58.5 Å². The normalized spacial score (nSPS) is 30.3. The molecule has 88 valence electrons. The average molecular weight is 212 g/mol. The van der Waals surface area contributed by atoms with Crippen LogP contribution in [0.1, 0.15) is 47.0 Å². The van der Waals surface area contributed by atoms with Gasteiger partial charge in [-0.15, -0.1) is 0 Å². The van der Waals surface area contributed by atoms with E-state index < -0.39 is 5.54 Å². The first-order valence-corrected chi connectivity index (χ1v) is 6.00. The number of nitrogens with zero attached hydrogens (tertiary/aromatic N) is 1. The molecule has 1 aliphatic heterocycles. The van der Waals surface area contributed by atoms with E-state index in [1.54, 1.807) is 0 Å². The van der Waals surface area contributed by atoms with Crippen molar-refractivity contribution in [1.82, 2.24) is 4.90 Å². The molecule has 15 heavy (non-hydrogen) atoms. The zero-order chi connectivity index (χ0) is 11.6. The molecule has 1 aliphatic rings. The van der Waals surface area contributed by atoms with Crippen LogP contribution >= 0.6 is 0 Å². The molecule has 3 atom stereocenters. The van der Waals surface area contributed by atoms with Crippen LogP contribution in [0.15, 0.2) is 0 Å². The average Bonchev–Trinajstić information content (AvgIpc) is 2.46. The Labute approximate surface area is 93.0 Å². The number of carbonyl (C=O) groups excluding carboxylic acids is 1. The van der Waals surface area contributed by atoms with Crippen LogP contribution in [0.3, 0.4) is 0 Å². The Bertz CT molecular complexity index is 238. The van der Waals surface area contributed by atoms with E-state index >= 15 is 0 Å². The fourth-order valence-corrected chi connectivity index (χ4v) is 2.34. The van der Waals surface area contributed by atoms with Crippen molar-refractivity contribution in [1.29, 1.82) is 0 Å². The van der Waals surface area contributed by atoms with Crippen LogP contribution in [0.25, 0.3) is 0 Å². The standard InChI is InChI=1S/C12H24N2O/c1-5-7-12(4,13)11(15)14-8-6-9(2)10(14)3/h9-10H,5-8,13H2,1-4H3. The van der Waals surface area contributed by atoms with E-state index in [4.69, 9.17) is 5.73 Å². The van der Waals surface area contributed by atoms with Crippen LogP contribution < -0.4 is 5.73 Å². The number of hydrogen-bond acceptors (Lipinski definition) is 2. The van der Waals surface area contributed by atoms with Crippen LogP contribution in [0.4, 0.5) is 0 Å². The molecule has 1 heterocycles. The molecule has 0 bridgehead atoms. The highest BCUT2D eigenvalue weighted by molar-refractivity contribution is 5.86. The number of hydrogen-bond donors (Lipinski definition) is 1. The first-order valence-electron chi connectivity index (χ1n) is 6.00. The maximum atomic E-state index is 12.2. The van der Waals surface area contributed by atoms with Crippen LogP contribution in [-0.2, 0) is 4.79 Å². The van der Waals surface area contributed by atoms with Gasteiger partial charge in [0.1, 0.15) is 0 Å². The molecule has 0 saturated carbocycles. The van der Waals surface area contributed by atoms with E-state index in [1.807, 2.05) is 11.8 Å². The Kier molecular flexibility index (Phi) is 3.77. The Morgan fingerprint density at radius 2 is 2.13 bits per heavy atom. The van der Waals surface area contributed by atoms with E-state index in [-0.39, 0.29) is 5.91 Å². The summed E-state index contributed by atoms with van der Waals surface area (Å²) in [4.78, 5) is 14.2. The summed E-state index contributed by atoms with van der Waals surface area (Å²) in [5.74, 6) is 0.729. The van der Waals surface area contributed by atoms with Gasteiger partial charge in [0.15, 0.2) is 0 Å². The molecular weight excluding hydrogens is 188 g/mol. The van der Waals surface area contributed by atoms with Gasteiger partial charge in [-0.05, 0) is 32.6 Å². The van der Waals surface area contributed by atoms with Crippen molar-refractivity contribution >= 4 is 5.91 Å². The summed E-state index contributed by atoms with van der Waals surface area (Å²) in [7, 11) is 0. The molecule has 0 aliphatic carbocycles. The molecule has 1 fully saturated rings. The predicted molar refractivity (Wildman–Crippen MR) is 62.5 cm³/mol. The van der Waals surface area contributed by atoms with Gasteiger partial charge in [-0.1, -0.05) is 20.3 Å². The molecule has 2 N–H and O–H groups in total. The maximum Gasteiger partial charge on any atom is 0.242 e. The van der Waals surface area contributed by atoms with E-state index in [0.717, 1.165) is 25.8 Å². The third-order valence-corrected chi connectivity index (χ3v) is 3.66. The zero-order valence-corrected chi connectivity index (χ0v) is 10.4. The number of amides is 1. The lowest BCUT2D eigenvalue weighted by atomic mass is 9.95. The number of likely N-dealkylation sites (tertiary alicyclic amines) is 1. The summed E-state index contributed by atoms with van der Waals surface area (Å²) in [5, 5.41) is 0. The number of rotatable bonds is 3. The van der Waals surface area contributed by atoms with Crippen molar-refractivity contribution < 1.29 is 4.79 Å². The second-order valence-electron chi connectivity index (χ2n) is 5.17. The van der Waals surface area contributed by atoms with Gasteiger partial charge >= 0.3 is 0 Å². The van der Waals surface area contributed by atoms with Gasteiger partial charge in [-0.3, -0.25) is 4.79 Å². The molecule has 0 aromatic carbocycles. The summed E-state index contributed by atoms with van der Waals surface area (Å²) in [6.07, 6.45) is 2.83. The monoisotopic (exact) mass is 212 g/mol. The van der Waals surface area contributed by atoms with Crippen molar-refractivity contribution in [2.75, 3.05) is 6.54 Å². The highest BCUT2D eigenvalue weighted by Crippen LogP contribution is 2.26. The molecule has 1 saturated heterocycles. The fraction of sp³-hybridized carbons (Fsp3) is 0.917. The molecule has 3 heteroatoms.